The van der Waals surface area contributed by atoms with E-state index in [4.69, 9.17) is 4.74 Å². The van der Waals surface area contributed by atoms with Gasteiger partial charge in [0.1, 0.15) is 11.6 Å². The van der Waals surface area contributed by atoms with Crippen molar-refractivity contribution in [3.63, 3.8) is 0 Å². The van der Waals surface area contributed by atoms with Crippen LogP contribution in [0.2, 0.25) is 0 Å². The van der Waals surface area contributed by atoms with E-state index in [0.717, 1.165) is 12.0 Å². The third kappa shape index (κ3) is 3.64. The third-order valence-electron chi connectivity index (χ3n) is 7.75. The van der Waals surface area contributed by atoms with Crippen LogP contribution in [0.15, 0.2) is 30.3 Å². The average Bonchev–Trinajstić information content (AvgIpc) is 3.44. The van der Waals surface area contributed by atoms with Gasteiger partial charge in [0.2, 0.25) is 17.7 Å². The first-order valence-electron chi connectivity index (χ1n) is 12.1. The van der Waals surface area contributed by atoms with Crippen LogP contribution in [0.1, 0.15) is 52.0 Å². The summed E-state index contributed by atoms with van der Waals surface area (Å²) in [5.41, 5.74) is -0.861. The average molecular weight is 458 g/mol. The minimum atomic E-state index is -1.06. The van der Waals surface area contributed by atoms with Crippen molar-refractivity contribution in [3.05, 3.63) is 35.9 Å². The summed E-state index contributed by atoms with van der Waals surface area (Å²) in [6.07, 6.45) is 2.55. The summed E-state index contributed by atoms with van der Waals surface area (Å²) in [6, 6.07) is 8.11. The van der Waals surface area contributed by atoms with Crippen LogP contribution in [0.3, 0.4) is 0 Å². The molecule has 3 amide bonds. The number of carbonyl (C=O) groups is 3. The van der Waals surface area contributed by atoms with Gasteiger partial charge in [0, 0.05) is 13.1 Å². The van der Waals surface area contributed by atoms with Crippen molar-refractivity contribution in [1.29, 1.82) is 0 Å². The molecule has 33 heavy (non-hydrogen) atoms. The molecule has 0 aliphatic carbocycles. The van der Waals surface area contributed by atoms with Crippen LogP contribution < -0.4 is 10.6 Å². The van der Waals surface area contributed by atoms with Crippen molar-refractivity contribution in [2.24, 2.45) is 11.8 Å². The normalized spacial score (nSPS) is 33.2. The Morgan fingerprint density at radius 3 is 2.55 bits per heavy atom. The third-order valence-corrected chi connectivity index (χ3v) is 7.75. The highest BCUT2D eigenvalue weighted by Crippen LogP contribution is 2.64. The molecule has 3 fully saturated rings. The Labute approximate surface area is 195 Å². The Morgan fingerprint density at radius 1 is 1.18 bits per heavy atom. The molecule has 3 aliphatic rings. The zero-order valence-electron chi connectivity index (χ0n) is 19.7. The first-order valence-corrected chi connectivity index (χ1v) is 12.1. The van der Waals surface area contributed by atoms with Gasteiger partial charge in [-0.15, -0.1) is 0 Å². The molecule has 180 valence electrons. The second-order valence-corrected chi connectivity index (χ2v) is 9.60. The van der Waals surface area contributed by atoms with E-state index < -0.39 is 35.1 Å². The first-order chi connectivity index (χ1) is 15.8. The maximum Gasteiger partial charge on any atom is 0.246 e. The molecular formula is C25H35N3O5. The predicted octanol–water partition coefficient (Wildman–Crippen LogP) is 1.36. The Bertz CT molecular complexity index is 909. The molecule has 2 bridgehead atoms. The summed E-state index contributed by atoms with van der Waals surface area (Å²) in [7, 11) is 0. The lowest BCUT2D eigenvalue weighted by Crippen LogP contribution is -2.57. The van der Waals surface area contributed by atoms with Gasteiger partial charge in [-0.05, 0) is 38.2 Å². The van der Waals surface area contributed by atoms with E-state index in [9.17, 15) is 19.5 Å². The van der Waals surface area contributed by atoms with Gasteiger partial charge in [0.15, 0.2) is 0 Å². The highest BCUT2D eigenvalue weighted by atomic mass is 16.5. The van der Waals surface area contributed by atoms with Gasteiger partial charge >= 0.3 is 0 Å². The first kappa shape index (κ1) is 23.7. The molecule has 6 atom stereocenters. The predicted molar refractivity (Wildman–Crippen MR) is 122 cm³/mol. The molecule has 1 aromatic carbocycles. The fourth-order valence-corrected chi connectivity index (χ4v) is 6.16. The van der Waals surface area contributed by atoms with Crippen molar-refractivity contribution >= 4 is 17.7 Å². The Morgan fingerprint density at radius 2 is 1.91 bits per heavy atom. The molecule has 8 nitrogen and oxygen atoms in total. The van der Waals surface area contributed by atoms with Gasteiger partial charge in [-0.2, -0.15) is 0 Å². The van der Waals surface area contributed by atoms with E-state index in [2.05, 4.69) is 10.6 Å². The maximum atomic E-state index is 13.8. The van der Waals surface area contributed by atoms with Crippen molar-refractivity contribution < 1.29 is 24.2 Å². The fourth-order valence-electron chi connectivity index (χ4n) is 6.16. The molecule has 0 aromatic heterocycles. The molecule has 1 aromatic rings. The highest BCUT2D eigenvalue weighted by molar-refractivity contribution is 5.99. The van der Waals surface area contributed by atoms with Gasteiger partial charge in [-0.25, -0.2) is 0 Å². The van der Waals surface area contributed by atoms with Crippen LogP contribution in [0.25, 0.3) is 0 Å². The molecule has 8 heteroatoms. The minimum absolute atomic E-state index is 0.180. The van der Waals surface area contributed by atoms with Gasteiger partial charge in [0.25, 0.3) is 0 Å². The number of rotatable bonds is 9. The summed E-state index contributed by atoms with van der Waals surface area (Å²) >= 11 is 0. The summed E-state index contributed by atoms with van der Waals surface area (Å²) in [5, 5.41) is 15.8. The lowest BCUT2D eigenvalue weighted by atomic mass is 9.65. The van der Waals surface area contributed by atoms with Crippen LogP contribution >= 0.6 is 0 Å². The zero-order chi connectivity index (χ0) is 23.8. The second kappa shape index (κ2) is 9.06. The second-order valence-electron chi connectivity index (χ2n) is 9.60. The van der Waals surface area contributed by atoms with Gasteiger partial charge in [0.05, 0.1) is 30.1 Å². The number of nitrogens with one attached hydrogen (secondary N) is 2. The number of likely N-dealkylation sites (tertiary alicyclic amines) is 1. The molecule has 4 rings (SSSR count). The molecular weight excluding hydrogens is 422 g/mol. The molecule has 3 aliphatic heterocycles. The number of fused-ring (bicyclic) bond motifs is 1. The summed E-state index contributed by atoms with van der Waals surface area (Å²) in [4.78, 5) is 42.1. The number of aliphatic hydroxyl groups excluding tert-OH is 1. The Kier molecular flexibility index (Phi) is 6.51. The van der Waals surface area contributed by atoms with E-state index in [0.29, 0.717) is 32.4 Å². The number of nitrogens with zero attached hydrogens (tertiary/aromatic N) is 1. The van der Waals surface area contributed by atoms with Crippen molar-refractivity contribution in [2.75, 3.05) is 13.2 Å². The number of carbonyl (C=O) groups excluding carboxylic acids is 3. The number of ether oxygens (including phenoxy) is 1. The smallest absolute Gasteiger partial charge is 0.246 e. The van der Waals surface area contributed by atoms with E-state index in [-0.39, 0.29) is 24.3 Å². The van der Waals surface area contributed by atoms with E-state index in [1.165, 1.54) is 4.90 Å². The lowest BCUT2D eigenvalue weighted by Gasteiger charge is -2.36. The standard InChI is InChI=1S/C25H35N3O5/c1-4-13-26-21(30)18-19-23(32)28(16(3)15-29)20(25(19)12-11-24(18,5-2)33-25)22(31)27-14-17-9-7-6-8-10-17/h6-10,16,18-20,29H,4-5,11-15H2,1-3H3,(H,26,30)(H,27,31)/t16-,18+,19+,20?,24-,25?/m1/s1. The molecule has 0 saturated carbocycles. The van der Waals surface area contributed by atoms with Crippen molar-refractivity contribution in [3.8, 4) is 0 Å². The van der Waals surface area contributed by atoms with Crippen molar-refractivity contribution in [2.45, 2.75) is 76.3 Å². The molecule has 3 N–H and O–H groups in total. The molecule has 3 saturated heterocycles. The summed E-state index contributed by atoms with van der Waals surface area (Å²) < 4.78 is 6.65. The van der Waals surface area contributed by atoms with Crippen LogP contribution in [-0.2, 0) is 25.7 Å². The zero-order valence-corrected chi connectivity index (χ0v) is 19.7. The van der Waals surface area contributed by atoms with Crippen LogP contribution in [-0.4, -0.2) is 64.2 Å². The topological polar surface area (TPSA) is 108 Å². The molecule has 0 radical (unpaired) electrons. The molecule has 2 unspecified atom stereocenters. The maximum absolute atomic E-state index is 13.8. The summed E-state index contributed by atoms with van der Waals surface area (Å²) in [6.45, 7) is 6.26. The summed E-state index contributed by atoms with van der Waals surface area (Å²) in [5.74, 6) is -2.14. The SMILES string of the molecule is CCCNC(=O)[C@@H]1[C@H]2C(=O)N([C@H](C)CO)C(C(=O)NCc3ccccc3)C23CC[C@@]1(CC)O3. The largest absolute Gasteiger partial charge is 0.394 e. The monoisotopic (exact) mass is 457 g/mol. The van der Waals surface area contributed by atoms with Gasteiger partial charge in [-0.1, -0.05) is 44.2 Å². The van der Waals surface area contributed by atoms with Crippen LogP contribution in [0, 0.1) is 11.8 Å². The number of hydrogen-bond acceptors (Lipinski definition) is 5. The fraction of sp³-hybridized carbons (Fsp3) is 0.640. The van der Waals surface area contributed by atoms with E-state index in [1.54, 1.807) is 6.92 Å². The van der Waals surface area contributed by atoms with Gasteiger partial charge < -0.3 is 25.4 Å². The molecule has 1 spiro atoms. The number of aliphatic hydroxyl groups is 1. The number of benzene rings is 1. The van der Waals surface area contributed by atoms with Crippen LogP contribution in [0.4, 0.5) is 0 Å². The Hall–Kier alpha value is -2.45. The molecule has 3 heterocycles. The van der Waals surface area contributed by atoms with Crippen molar-refractivity contribution in [1.82, 2.24) is 15.5 Å². The Balaban J connectivity index is 1.69. The highest BCUT2D eigenvalue weighted by Gasteiger charge is 2.78. The quantitative estimate of drug-likeness (QED) is 0.519. The van der Waals surface area contributed by atoms with Gasteiger partial charge in [-0.3, -0.25) is 14.4 Å². The lowest BCUT2D eigenvalue weighted by molar-refractivity contribution is -0.150. The van der Waals surface area contributed by atoms with E-state index >= 15 is 0 Å². The van der Waals surface area contributed by atoms with E-state index in [1.807, 2.05) is 44.2 Å². The minimum Gasteiger partial charge on any atom is -0.394 e. The number of amides is 3. The number of hydrogen-bond donors (Lipinski definition) is 3. The van der Waals surface area contributed by atoms with Crippen LogP contribution in [0.5, 0.6) is 0 Å².